The summed E-state index contributed by atoms with van der Waals surface area (Å²) in [5, 5.41) is 0. The molecule has 0 aromatic rings. The van der Waals surface area contributed by atoms with Gasteiger partial charge in [0.25, 0.3) is 0 Å². The molecule has 2 nitrogen and oxygen atoms in total. The van der Waals surface area contributed by atoms with Crippen molar-refractivity contribution in [3.63, 3.8) is 0 Å². The standard InChI is InChI=1S/C12H24O2/c1-5-9(3)11-7-14-12(8-13-11)10(4)6-2/h9-12H,5-8H2,1-4H3. The Labute approximate surface area is 88.0 Å². The van der Waals surface area contributed by atoms with E-state index in [1.165, 1.54) is 12.8 Å². The van der Waals surface area contributed by atoms with Crippen LogP contribution in [0.2, 0.25) is 0 Å². The van der Waals surface area contributed by atoms with Crippen LogP contribution in [0.15, 0.2) is 0 Å². The summed E-state index contributed by atoms with van der Waals surface area (Å²) < 4.78 is 11.7. The van der Waals surface area contributed by atoms with Gasteiger partial charge in [-0.05, 0) is 11.8 Å². The van der Waals surface area contributed by atoms with Crippen LogP contribution in [-0.4, -0.2) is 25.4 Å². The van der Waals surface area contributed by atoms with Gasteiger partial charge in [-0.25, -0.2) is 0 Å². The molecular formula is C12H24O2. The van der Waals surface area contributed by atoms with Gasteiger partial charge in [0, 0.05) is 0 Å². The van der Waals surface area contributed by atoms with Crippen LogP contribution in [0.25, 0.3) is 0 Å². The molecule has 2 heteroatoms. The van der Waals surface area contributed by atoms with Crippen molar-refractivity contribution in [2.75, 3.05) is 13.2 Å². The lowest BCUT2D eigenvalue weighted by Gasteiger charge is -2.35. The average Bonchev–Trinajstić information content (AvgIpc) is 2.27. The van der Waals surface area contributed by atoms with E-state index in [0.717, 1.165) is 13.2 Å². The molecule has 0 bridgehead atoms. The molecule has 1 fully saturated rings. The van der Waals surface area contributed by atoms with Gasteiger partial charge in [-0.3, -0.25) is 0 Å². The zero-order valence-electron chi connectivity index (χ0n) is 9.95. The maximum Gasteiger partial charge on any atom is 0.0835 e. The fraction of sp³-hybridized carbons (Fsp3) is 1.00. The summed E-state index contributed by atoms with van der Waals surface area (Å²) >= 11 is 0. The maximum absolute atomic E-state index is 5.84. The molecule has 0 saturated carbocycles. The summed E-state index contributed by atoms with van der Waals surface area (Å²) in [4.78, 5) is 0. The van der Waals surface area contributed by atoms with E-state index in [9.17, 15) is 0 Å². The van der Waals surface area contributed by atoms with Crippen LogP contribution >= 0.6 is 0 Å². The monoisotopic (exact) mass is 200 g/mol. The largest absolute Gasteiger partial charge is 0.373 e. The third-order valence-electron chi connectivity index (χ3n) is 3.51. The van der Waals surface area contributed by atoms with Crippen molar-refractivity contribution in [2.45, 2.75) is 52.7 Å². The van der Waals surface area contributed by atoms with Gasteiger partial charge >= 0.3 is 0 Å². The lowest BCUT2D eigenvalue weighted by atomic mass is 9.98. The first-order chi connectivity index (χ1) is 6.69. The van der Waals surface area contributed by atoms with E-state index in [4.69, 9.17) is 9.47 Å². The molecule has 1 saturated heterocycles. The van der Waals surface area contributed by atoms with Gasteiger partial charge in [0.15, 0.2) is 0 Å². The van der Waals surface area contributed by atoms with E-state index < -0.39 is 0 Å². The minimum Gasteiger partial charge on any atom is -0.373 e. The summed E-state index contributed by atoms with van der Waals surface area (Å²) in [6, 6.07) is 0. The van der Waals surface area contributed by atoms with Crippen LogP contribution in [0.1, 0.15) is 40.5 Å². The number of rotatable bonds is 4. The van der Waals surface area contributed by atoms with Gasteiger partial charge in [0.2, 0.25) is 0 Å². The Morgan fingerprint density at radius 3 is 1.50 bits per heavy atom. The Bertz CT molecular complexity index is 132. The molecule has 0 radical (unpaired) electrons. The third kappa shape index (κ3) is 2.96. The minimum absolute atomic E-state index is 0.320. The molecule has 1 aliphatic heterocycles. The van der Waals surface area contributed by atoms with Gasteiger partial charge in [-0.15, -0.1) is 0 Å². The topological polar surface area (TPSA) is 18.5 Å². The van der Waals surface area contributed by atoms with Crippen LogP contribution < -0.4 is 0 Å². The molecule has 4 atom stereocenters. The molecule has 14 heavy (non-hydrogen) atoms. The summed E-state index contributed by atoms with van der Waals surface area (Å²) in [6.45, 7) is 10.4. The van der Waals surface area contributed by atoms with Crippen molar-refractivity contribution in [3.05, 3.63) is 0 Å². The quantitative estimate of drug-likeness (QED) is 0.694. The predicted molar refractivity (Wildman–Crippen MR) is 58.4 cm³/mol. The second-order valence-corrected chi connectivity index (χ2v) is 4.51. The van der Waals surface area contributed by atoms with Crippen molar-refractivity contribution < 1.29 is 9.47 Å². The van der Waals surface area contributed by atoms with Gasteiger partial charge in [0.1, 0.15) is 0 Å². The summed E-state index contributed by atoms with van der Waals surface area (Å²) in [5.41, 5.74) is 0. The van der Waals surface area contributed by atoms with Gasteiger partial charge in [-0.2, -0.15) is 0 Å². The number of hydrogen-bond acceptors (Lipinski definition) is 2. The molecule has 4 unspecified atom stereocenters. The highest BCUT2D eigenvalue weighted by molar-refractivity contribution is 4.74. The summed E-state index contributed by atoms with van der Waals surface area (Å²) in [5.74, 6) is 1.24. The highest BCUT2D eigenvalue weighted by atomic mass is 16.6. The highest BCUT2D eigenvalue weighted by Gasteiger charge is 2.27. The zero-order chi connectivity index (χ0) is 10.6. The van der Waals surface area contributed by atoms with E-state index in [0.29, 0.717) is 24.0 Å². The zero-order valence-corrected chi connectivity index (χ0v) is 9.95. The predicted octanol–water partition coefficient (Wildman–Crippen LogP) is 2.86. The van der Waals surface area contributed by atoms with Crippen molar-refractivity contribution >= 4 is 0 Å². The fourth-order valence-corrected chi connectivity index (χ4v) is 1.72. The molecule has 1 aliphatic rings. The second-order valence-electron chi connectivity index (χ2n) is 4.51. The first kappa shape index (κ1) is 12.0. The van der Waals surface area contributed by atoms with E-state index in [1.807, 2.05) is 0 Å². The van der Waals surface area contributed by atoms with Gasteiger partial charge in [-0.1, -0.05) is 40.5 Å². The Morgan fingerprint density at radius 2 is 1.29 bits per heavy atom. The van der Waals surface area contributed by atoms with Crippen LogP contribution in [0.5, 0.6) is 0 Å². The van der Waals surface area contributed by atoms with Crippen LogP contribution in [0.4, 0.5) is 0 Å². The second kappa shape index (κ2) is 5.72. The molecule has 0 amide bonds. The molecule has 0 N–H and O–H groups in total. The lowest BCUT2D eigenvalue weighted by Crippen LogP contribution is -2.41. The van der Waals surface area contributed by atoms with E-state index in [-0.39, 0.29) is 0 Å². The molecule has 1 rings (SSSR count). The minimum atomic E-state index is 0.320. The average molecular weight is 200 g/mol. The van der Waals surface area contributed by atoms with E-state index in [2.05, 4.69) is 27.7 Å². The molecule has 84 valence electrons. The maximum atomic E-state index is 5.84. The molecule has 0 aromatic carbocycles. The lowest BCUT2D eigenvalue weighted by molar-refractivity contribution is -0.162. The Morgan fingerprint density at radius 1 is 0.929 bits per heavy atom. The van der Waals surface area contributed by atoms with Crippen molar-refractivity contribution in [2.24, 2.45) is 11.8 Å². The fourth-order valence-electron chi connectivity index (χ4n) is 1.72. The Hall–Kier alpha value is -0.0800. The first-order valence-electron chi connectivity index (χ1n) is 5.92. The molecule has 1 heterocycles. The van der Waals surface area contributed by atoms with Crippen LogP contribution in [0.3, 0.4) is 0 Å². The van der Waals surface area contributed by atoms with Gasteiger partial charge in [0.05, 0.1) is 25.4 Å². The van der Waals surface area contributed by atoms with E-state index >= 15 is 0 Å². The first-order valence-corrected chi connectivity index (χ1v) is 5.92. The SMILES string of the molecule is CCC(C)C1COC(C(C)CC)CO1. The van der Waals surface area contributed by atoms with Crippen LogP contribution in [0, 0.1) is 11.8 Å². The van der Waals surface area contributed by atoms with Crippen molar-refractivity contribution in [1.29, 1.82) is 0 Å². The van der Waals surface area contributed by atoms with Crippen molar-refractivity contribution in [3.8, 4) is 0 Å². The molecule has 0 spiro atoms. The normalized spacial score (nSPS) is 32.6. The third-order valence-corrected chi connectivity index (χ3v) is 3.51. The van der Waals surface area contributed by atoms with E-state index in [1.54, 1.807) is 0 Å². The highest BCUT2D eigenvalue weighted by Crippen LogP contribution is 2.22. The number of hydrogen-bond donors (Lipinski definition) is 0. The van der Waals surface area contributed by atoms with Crippen LogP contribution in [-0.2, 0) is 9.47 Å². The smallest absolute Gasteiger partial charge is 0.0835 e. The Balaban J connectivity index is 2.31. The number of ether oxygens (including phenoxy) is 2. The molecular weight excluding hydrogens is 176 g/mol. The molecule has 0 aromatic heterocycles. The Kier molecular flexibility index (Phi) is 4.90. The molecule has 0 aliphatic carbocycles. The van der Waals surface area contributed by atoms with Gasteiger partial charge < -0.3 is 9.47 Å². The van der Waals surface area contributed by atoms with Crippen molar-refractivity contribution in [1.82, 2.24) is 0 Å². The summed E-state index contributed by atoms with van der Waals surface area (Å²) in [7, 11) is 0. The summed E-state index contributed by atoms with van der Waals surface area (Å²) in [6.07, 6.45) is 2.98.